The van der Waals surface area contributed by atoms with Crippen molar-refractivity contribution in [1.29, 1.82) is 0 Å². The molecule has 15 aromatic rings. The van der Waals surface area contributed by atoms with E-state index in [1.165, 1.54) is 21.5 Å². The smallest absolute Gasteiger partial charge is 0.252 e. The first-order chi connectivity index (χ1) is 49.0. The molecule has 98 heavy (non-hydrogen) atoms. The minimum Gasteiger partial charge on any atom is -0.311 e. The summed E-state index contributed by atoms with van der Waals surface area (Å²) in [6.45, 7) is 18.7. The molecule has 5 heteroatoms. The van der Waals surface area contributed by atoms with Gasteiger partial charge in [0.05, 0.1) is 33.4 Å². The maximum Gasteiger partial charge on any atom is 0.252 e. The number of hydrogen-bond acceptors (Lipinski definition) is 2. The maximum atomic E-state index is 10.3. The summed E-state index contributed by atoms with van der Waals surface area (Å²) in [5.74, 6) is 0. The van der Waals surface area contributed by atoms with Gasteiger partial charge < -0.3 is 18.9 Å². The minimum absolute atomic E-state index is 0.172. The Balaban J connectivity index is 1.06. The predicted octanol–water partition coefficient (Wildman–Crippen LogP) is 23.4. The number of rotatable bonds is 11. The third kappa shape index (κ3) is 10.6. The normalized spacial score (nSPS) is 13.9. The number of nitrogens with zero attached hydrogens (tertiary/aromatic N) is 4. The van der Waals surface area contributed by atoms with Crippen molar-refractivity contribution in [2.24, 2.45) is 16.2 Å². The SMILES string of the molecule is [2H]C([2H])(c1cc(-c2ccccc2)c(N2c3cc(-n4c5ccccc5c5ccccc54)ccc3B3c4ccc(-n5c6ccccc6c6ccccc65)cc4N(c4cc(-c5ccccc5)c(C([2H])([2H])C(C)(C)C)cc4-c4ccccc4)c4cc(CC(C)(C)C)cc2c43)cc1-c1ccccc1)C(C)(C)C. The Kier molecular flexibility index (Phi) is 13.5. The second kappa shape index (κ2) is 23.5. The highest BCUT2D eigenvalue weighted by Crippen LogP contribution is 2.53. The molecule has 2 aliphatic rings. The Morgan fingerprint density at radius 1 is 0.296 bits per heavy atom. The van der Waals surface area contributed by atoms with Gasteiger partial charge in [-0.25, -0.2) is 0 Å². The van der Waals surface area contributed by atoms with E-state index < -0.39 is 23.6 Å². The van der Waals surface area contributed by atoms with Crippen LogP contribution in [0, 0.1) is 16.2 Å². The average molecular weight is 1270 g/mol. The zero-order valence-electron chi connectivity index (χ0n) is 61.3. The fraction of sp³-hybridized carbons (Fsp3) is 0.161. The van der Waals surface area contributed by atoms with Crippen molar-refractivity contribution < 1.29 is 5.48 Å². The Hall–Kier alpha value is -10.9. The molecule has 0 atom stereocenters. The van der Waals surface area contributed by atoms with Crippen molar-refractivity contribution in [3.05, 3.63) is 308 Å². The molecule has 0 bridgehead atoms. The van der Waals surface area contributed by atoms with Gasteiger partial charge in [0, 0.05) is 72.3 Å². The van der Waals surface area contributed by atoms with E-state index in [1.54, 1.807) is 0 Å². The van der Waals surface area contributed by atoms with E-state index in [0.717, 1.165) is 140 Å². The highest BCUT2D eigenvalue weighted by atomic mass is 15.2. The summed E-state index contributed by atoms with van der Waals surface area (Å²) in [6, 6.07) is 105. The number of anilines is 6. The zero-order valence-corrected chi connectivity index (χ0v) is 57.3. The van der Waals surface area contributed by atoms with Crippen molar-refractivity contribution in [3.63, 3.8) is 0 Å². The molecule has 0 N–H and O–H groups in total. The molecule has 13 aromatic carbocycles. The standard InChI is InChI=1S/C93H81BN4/c1-91(2,3)58-61-50-88-90-89(51-61)98(85-57-75(63-32-16-11-17-33-63)67(60-93(7,8)9)53-77(85)65-36-20-13-21-37-65)87-55-69(96-82-44-28-24-40-72(82)73-41-25-29-45-83(73)96)47-49-79(87)94(90)78-48-46-68(95-80-42-26-22-38-70(80)71-39-23-27-43-81(71)95)54-86(78)97(88)84-56-74(62-30-14-10-15-31-62)66(59-92(4,5)6)52-76(84)64-34-18-12-19-35-64/h10-57H,58-60H2,1-9H3/i59D2,60D2. The highest BCUT2D eigenvalue weighted by molar-refractivity contribution is 7.00. The molecule has 4 nitrogen and oxygen atoms in total. The Labute approximate surface area is 583 Å². The molecule has 0 radical (unpaired) electrons. The number of hydrogen-bond donors (Lipinski definition) is 0. The Morgan fingerprint density at radius 3 is 0.939 bits per heavy atom. The van der Waals surface area contributed by atoms with Crippen LogP contribution in [0.1, 0.15) is 84.5 Å². The lowest BCUT2D eigenvalue weighted by Crippen LogP contribution is -2.61. The van der Waals surface area contributed by atoms with E-state index >= 15 is 0 Å². The summed E-state index contributed by atoms with van der Waals surface area (Å²) in [7, 11) is 0. The average Bonchev–Trinajstić information content (AvgIpc) is 0.703. The van der Waals surface area contributed by atoms with Crippen molar-refractivity contribution in [3.8, 4) is 55.9 Å². The monoisotopic (exact) mass is 1270 g/mol. The van der Waals surface area contributed by atoms with Crippen LogP contribution in [0.4, 0.5) is 34.1 Å². The van der Waals surface area contributed by atoms with Gasteiger partial charge in [-0.05, 0) is 187 Å². The number of benzene rings is 13. The number of aromatic nitrogens is 2. The summed E-state index contributed by atoms with van der Waals surface area (Å²) in [5, 5.41) is 4.72. The van der Waals surface area contributed by atoms with Crippen LogP contribution in [0.5, 0.6) is 0 Å². The van der Waals surface area contributed by atoms with Gasteiger partial charge >= 0.3 is 0 Å². The van der Waals surface area contributed by atoms with Crippen LogP contribution >= 0.6 is 0 Å². The van der Waals surface area contributed by atoms with Gasteiger partial charge in [0.25, 0.3) is 6.71 Å². The Bertz CT molecular complexity index is 5360. The van der Waals surface area contributed by atoms with Gasteiger partial charge in [-0.15, -0.1) is 0 Å². The molecule has 2 aliphatic heterocycles. The van der Waals surface area contributed by atoms with Crippen molar-refractivity contribution in [2.75, 3.05) is 9.80 Å². The molecule has 2 aromatic heterocycles. The van der Waals surface area contributed by atoms with E-state index in [-0.39, 0.29) is 12.1 Å². The van der Waals surface area contributed by atoms with Gasteiger partial charge in [0.2, 0.25) is 0 Å². The molecule has 0 saturated carbocycles. The lowest BCUT2D eigenvalue weighted by Gasteiger charge is -2.46. The molecule has 0 unspecified atom stereocenters. The van der Waals surface area contributed by atoms with Crippen molar-refractivity contribution in [2.45, 2.75) is 81.5 Å². The molecule has 476 valence electrons. The van der Waals surface area contributed by atoms with Crippen LogP contribution in [-0.4, -0.2) is 15.8 Å². The molecular formula is C93H81BN4. The Morgan fingerprint density at radius 2 is 0.612 bits per heavy atom. The van der Waals surface area contributed by atoms with Crippen LogP contribution < -0.4 is 26.2 Å². The first kappa shape index (κ1) is 56.3. The van der Waals surface area contributed by atoms with Gasteiger partial charge in [0.1, 0.15) is 0 Å². The lowest BCUT2D eigenvalue weighted by molar-refractivity contribution is 0.411. The summed E-state index contributed by atoms with van der Waals surface area (Å²) < 4.78 is 46.1. The van der Waals surface area contributed by atoms with E-state index in [0.29, 0.717) is 11.1 Å². The summed E-state index contributed by atoms with van der Waals surface area (Å²) >= 11 is 0. The van der Waals surface area contributed by atoms with Crippen LogP contribution in [0.25, 0.3) is 99.5 Å². The van der Waals surface area contributed by atoms with E-state index in [1.807, 2.05) is 53.7 Å². The van der Waals surface area contributed by atoms with Crippen molar-refractivity contribution in [1.82, 2.24) is 9.13 Å². The largest absolute Gasteiger partial charge is 0.311 e. The fourth-order valence-electron chi connectivity index (χ4n) is 15.9. The molecule has 17 rings (SSSR count). The van der Waals surface area contributed by atoms with E-state index in [4.69, 9.17) is 0 Å². The lowest BCUT2D eigenvalue weighted by atomic mass is 9.33. The topological polar surface area (TPSA) is 16.3 Å². The summed E-state index contributed by atoms with van der Waals surface area (Å²) in [5.41, 5.74) is 23.7. The third-order valence-corrected chi connectivity index (χ3v) is 19.6. The summed E-state index contributed by atoms with van der Waals surface area (Å²) in [4.78, 5) is 5.12. The summed E-state index contributed by atoms with van der Waals surface area (Å²) in [6.07, 6.45) is -2.85. The minimum atomic E-state index is -1.79. The second-order valence-corrected chi connectivity index (χ2v) is 30.2. The maximum absolute atomic E-state index is 10.3. The van der Waals surface area contributed by atoms with Crippen LogP contribution in [0.15, 0.2) is 291 Å². The van der Waals surface area contributed by atoms with E-state index in [2.05, 4.69) is 319 Å². The molecule has 0 amide bonds. The molecule has 0 fully saturated rings. The first-order valence-electron chi connectivity index (χ1n) is 36.6. The van der Waals surface area contributed by atoms with Gasteiger partial charge in [-0.1, -0.05) is 269 Å². The fourth-order valence-corrected chi connectivity index (χ4v) is 15.9. The zero-order chi connectivity index (χ0) is 70.4. The van der Waals surface area contributed by atoms with Gasteiger partial charge in [-0.2, -0.15) is 0 Å². The van der Waals surface area contributed by atoms with Crippen LogP contribution in [0.3, 0.4) is 0 Å². The molecular weight excluding hydrogens is 1180 g/mol. The molecule has 0 saturated heterocycles. The predicted molar refractivity (Wildman–Crippen MR) is 420 cm³/mol. The number of fused-ring (bicyclic) bond motifs is 10. The first-order valence-corrected chi connectivity index (χ1v) is 34.6. The highest BCUT2D eigenvalue weighted by Gasteiger charge is 2.45. The van der Waals surface area contributed by atoms with Crippen LogP contribution in [0.2, 0.25) is 0 Å². The third-order valence-electron chi connectivity index (χ3n) is 19.6. The van der Waals surface area contributed by atoms with Gasteiger partial charge in [0.15, 0.2) is 0 Å². The molecule has 0 aliphatic carbocycles. The molecule has 4 heterocycles. The second-order valence-electron chi connectivity index (χ2n) is 30.2. The van der Waals surface area contributed by atoms with Crippen molar-refractivity contribution >= 4 is 101 Å². The quantitative estimate of drug-likeness (QED) is 0.120. The van der Waals surface area contributed by atoms with E-state index in [9.17, 15) is 5.48 Å². The van der Waals surface area contributed by atoms with Crippen LogP contribution in [-0.2, 0) is 19.2 Å². The van der Waals surface area contributed by atoms with Gasteiger partial charge in [-0.3, -0.25) is 0 Å². The molecule has 0 spiro atoms. The number of para-hydroxylation sites is 4.